The van der Waals surface area contributed by atoms with Crippen LogP contribution in [-0.4, -0.2) is 12.2 Å². The number of rotatable bonds is 3. The van der Waals surface area contributed by atoms with Crippen molar-refractivity contribution in [2.45, 2.75) is 88.8 Å². The van der Waals surface area contributed by atoms with Gasteiger partial charge in [0.25, 0.3) is 0 Å². The van der Waals surface area contributed by atoms with E-state index in [9.17, 15) is 0 Å². The summed E-state index contributed by atoms with van der Waals surface area (Å²) in [4.78, 5) is 0. The smallest absolute Gasteiger partial charge is 0.127 e. The van der Waals surface area contributed by atoms with Crippen LogP contribution >= 0.6 is 0 Å². The van der Waals surface area contributed by atoms with E-state index in [0.717, 1.165) is 52.2 Å². The standard InChI is InChI=1S/C26H28F2O2/c1-25(2,3)22-16(28)8-12(24-21(22)14-10-19(14)30-24)11-26(4,5)23-15(27)6-7-17-20(23)13-9-18(13)29-17/h6-8,13-14,18-19H,9-11H2,1-5H3/t13-,14+,18+,19-/m1/s1. The Balaban J connectivity index is 1.46. The maximum atomic E-state index is 15.4. The summed E-state index contributed by atoms with van der Waals surface area (Å²) in [5, 5.41) is 0. The zero-order valence-corrected chi connectivity index (χ0v) is 18.2. The third-order valence-electron chi connectivity index (χ3n) is 7.31. The molecule has 2 saturated carbocycles. The first-order valence-electron chi connectivity index (χ1n) is 11.1. The predicted molar refractivity (Wildman–Crippen MR) is 112 cm³/mol. The second-order valence-corrected chi connectivity index (χ2v) is 11.3. The van der Waals surface area contributed by atoms with E-state index < -0.39 is 5.41 Å². The fourth-order valence-electron chi connectivity index (χ4n) is 5.92. The van der Waals surface area contributed by atoms with Crippen molar-refractivity contribution in [2.75, 3.05) is 0 Å². The van der Waals surface area contributed by atoms with Crippen molar-refractivity contribution in [3.05, 3.63) is 57.7 Å². The average molecular weight is 411 g/mol. The molecule has 0 spiro atoms. The molecule has 2 aromatic carbocycles. The summed E-state index contributed by atoms with van der Waals surface area (Å²) in [6.07, 6.45) is 2.86. The van der Waals surface area contributed by atoms with Crippen molar-refractivity contribution < 1.29 is 18.3 Å². The van der Waals surface area contributed by atoms with Gasteiger partial charge in [0.05, 0.1) is 0 Å². The number of halogens is 2. The van der Waals surface area contributed by atoms with E-state index in [1.807, 2.05) is 0 Å². The quantitative estimate of drug-likeness (QED) is 0.593. The Labute approximate surface area is 176 Å². The van der Waals surface area contributed by atoms with E-state index in [1.165, 1.54) is 6.07 Å². The first-order valence-corrected chi connectivity index (χ1v) is 11.1. The van der Waals surface area contributed by atoms with Gasteiger partial charge in [-0.3, -0.25) is 0 Å². The lowest BCUT2D eigenvalue weighted by atomic mass is 9.74. The highest BCUT2D eigenvalue weighted by Crippen LogP contribution is 2.60. The van der Waals surface area contributed by atoms with Crippen molar-refractivity contribution in [1.82, 2.24) is 0 Å². The molecule has 0 radical (unpaired) electrons. The summed E-state index contributed by atoms with van der Waals surface area (Å²) in [6.45, 7) is 10.3. The fraction of sp³-hybridized carbons (Fsp3) is 0.538. The van der Waals surface area contributed by atoms with Crippen LogP contribution in [0.15, 0.2) is 18.2 Å². The summed E-state index contributed by atoms with van der Waals surface area (Å²) in [7, 11) is 0. The van der Waals surface area contributed by atoms with Crippen LogP contribution in [0.2, 0.25) is 0 Å². The van der Waals surface area contributed by atoms with Gasteiger partial charge in [-0.2, -0.15) is 0 Å². The van der Waals surface area contributed by atoms with E-state index in [4.69, 9.17) is 9.47 Å². The van der Waals surface area contributed by atoms with Gasteiger partial charge >= 0.3 is 0 Å². The summed E-state index contributed by atoms with van der Waals surface area (Å²) in [6, 6.07) is 4.91. The molecule has 0 aromatic heterocycles. The monoisotopic (exact) mass is 410 g/mol. The molecule has 2 aromatic rings. The predicted octanol–water partition coefficient (Wildman–Crippen LogP) is 6.28. The maximum Gasteiger partial charge on any atom is 0.127 e. The maximum absolute atomic E-state index is 15.4. The zero-order chi connectivity index (χ0) is 21.2. The summed E-state index contributed by atoms with van der Waals surface area (Å²) >= 11 is 0. The van der Waals surface area contributed by atoms with E-state index in [0.29, 0.717) is 18.3 Å². The van der Waals surface area contributed by atoms with Gasteiger partial charge in [-0.1, -0.05) is 34.6 Å². The number of benzene rings is 2. The molecule has 6 rings (SSSR count). The minimum Gasteiger partial charge on any atom is -0.489 e. The zero-order valence-electron chi connectivity index (χ0n) is 18.2. The Kier molecular flexibility index (Phi) is 3.47. The van der Waals surface area contributed by atoms with Gasteiger partial charge in [-0.15, -0.1) is 0 Å². The summed E-state index contributed by atoms with van der Waals surface area (Å²) < 4.78 is 42.7. The van der Waals surface area contributed by atoms with Crippen molar-refractivity contribution in [1.29, 1.82) is 0 Å². The van der Waals surface area contributed by atoms with Crippen LogP contribution in [0.5, 0.6) is 11.5 Å². The molecule has 0 amide bonds. The van der Waals surface area contributed by atoms with Gasteiger partial charge in [0.2, 0.25) is 0 Å². The van der Waals surface area contributed by atoms with Crippen molar-refractivity contribution in [2.24, 2.45) is 0 Å². The molecule has 2 aliphatic heterocycles. The van der Waals surface area contributed by atoms with Gasteiger partial charge < -0.3 is 9.47 Å². The molecule has 0 unspecified atom stereocenters. The van der Waals surface area contributed by atoms with E-state index in [1.54, 1.807) is 12.1 Å². The molecule has 2 fully saturated rings. The van der Waals surface area contributed by atoms with E-state index >= 15 is 8.78 Å². The molecule has 2 heterocycles. The highest BCUT2D eigenvalue weighted by atomic mass is 19.1. The Morgan fingerprint density at radius 2 is 1.53 bits per heavy atom. The molecule has 0 bridgehead atoms. The lowest BCUT2D eigenvalue weighted by Crippen LogP contribution is -2.25. The van der Waals surface area contributed by atoms with Gasteiger partial charge in [0.1, 0.15) is 35.3 Å². The minimum atomic E-state index is -0.504. The average Bonchev–Trinajstić information content (AvgIpc) is 3.51. The Morgan fingerprint density at radius 3 is 2.23 bits per heavy atom. The largest absolute Gasteiger partial charge is 0.489 e. The Hall–Kier alpha value is -2.10. The SMILES string of the molecule is CC(C)(C)c1c(F)cc(CC(C)(C)c2c(F)ccc3c2[C@@H]2C[C@@H]2O3)c2c1[C@H]1C[C@H]1O2. The Morgan fingerprint density at radius 1 is 0.867 bits per heavy atom. The van der Waals surface area contributed by atoms with Gasteiger partial charge in [0, 0.05) is 34.1 Å². The molecular formula is C26H28F2O2. The van der Waals surface area contributed by atoms with Gasteiger partial charge in [-0.25, -0.2) is 8.78 Å². The highest BCUT2D eigenvalue weighted by molar-refractivity contribution is 5.59. The molecular weight excluding hydrogens is 382 g/mol. The molecule has 0 N–H and O–H groups in total. The molecule has 2 aliphatic carbocycles. The molecule has 4 atom stereocenters. The van der Waals surface area contributed by atoms with E-state index in [-0.39, 0.29) is 29.3 Å². The third-order valence-corrected chi connectivity index (χ3v) is 7.31. The van der Waals surface area contributed by atoms with Crippen molar-refractivity contribution in [3.63, 3.8) is 0 Å². The topological polar surface area (TPSA) is 18.5 Å². The van der Waals surface area contributed by atoms with Crippen LogP contribution < -0.4 is 9.47 Å². The normalized spacial score (nSPS) is 27.6. The number of hydrogen-bond acceptors (Lipinski definition) is 2. The number of hydrogen-bond donors (Lipinski definition) is 0. The van der Waals surface area contributed by atoms with Crippen molar-refractivity contribution in [3.8, 4) is 11.5 Å². The molecule has 2 nitrogen and oxygen atoms in total. The Bertz CT molecular complexity index is 1100. The lowest BCUT2D eigenvalue weighted by molar-refractivity contribution is 0.311. The third kappa shape index (κ3) is 2.52. The molecule has 0 saturated heterocycles. The minimum absolute atomic E-state index is 0.160. The first-order chi connectivity index (χ1) is 14.1. The second kappa shape index (κ2) is 5.57. The lowest BCUT2D eigenvalue weighted by Gasteiger charge is -2.31. The van der Waals surface area contributed by atoms with Crippen molar-refractivity contribution >= 4 is 0 Å². The number of fused-ring (bicyclic) bond motifs is 6. The number of ether oxygens (including phenoxy) is 2. The first kappa shape index (κ1) is 18.7. The van der Waals surface area contributed by atoms with Crippen LogP contribution in [0.4, 0.5) is 8.78 Å². The van der Waals surface area contributed by atoms with Gasteiger partial charge in [0.15, 0.2) is 0 Å². The van der Waals surface area contributed by atoms with Crippen LogP contribution in [0, 0.1) is 11.6 Å². The highest BCUT2D eigenvalue weighted by Gasteiger charge is 2.53. The van der Waals surface area contributed by atoms with E-state index in [2.05, 4.69) is 34.6 Å². The molecule has 4 aliphatic rings. The van der Waals surface area contributed by atoms with Crippen LogP contribution in [0.3, 0.4) is 0 Å². The molecule has 158 valence electrons. The molecule has 30 heavy (non-hydrogen) atoms. The second-order valence-electron chi connectivity index (χ2n) is 11.3. The summed E-state index contributed by atoms with van der Waals surface area (Å²) in [5.41, 5.74) is 3.66. The molecule has 4 heteroatoms. The van der Waals surface area contributed by atoms with Crippen LogP contribution in [-0.2, 0) is 17.3 Å². The summed E-state index contributed by atoms with van der Waals surface area (Å²) in [5.74, 6) is 1.93. The van der Waals surface area contributed by atoms with Gasteiger partial charge in [-0.05, 0) is 53.9 Å². The van der Waals surface area contributed by atoms with Crippen LogP contribution in [0.25, 0.3) is 0 Å². The fourth-order valence-corrected chi connectivity index (χ4v) is 5.92. The van der Waals surface area contributed by atoms with Crippen LogP contribution in [0.1, 0.15) is 87.1 Å².